The minimum atomic E-state index is -3.94. The number of nitrogens with zero attached hydrogens (tertiary/aromatic N) is 2. The molecule has 33 heavy (non-hydrogen) atoms. The smallest absolute Gasteiger partial charge is 0.269 e. The van der Waals surface area contributed by atoms with E-state index in [-0.39, 0.29) is 16.2 Å². The number of benzene rings is 2. The minimum absolute atomic E-state index is 0.0497. The summed E-state index contributed by atoms with van der Waals surface area (Å²) in [6, 6.07) is 11.8. The van der Waals surface area contributed by atoms with Crippen LogP contribution in [0.25, 0.3) is 0 Å². The van der Waals surface area contributed by atoms with Crippen LogP contribution in [-0.2, 0) is 20.6 Å². The van der Waals surface area contributed by atoms with Crippen LogP contribution in [0.3, 0.4) is 0 Å². The molecule has 0 radical (unpaired) electrons. The van der Waals surface area contributed by atoms with Crippen molar-refractivity contribution in [2.75, 3.05) is 17.6 Å². The number of sulfonamides is 1. The van der Waals surface area contributed by atoms with E-state index in [1.807, 2.05) is 0 Å². The Bertz CT molecular complexity index is 1230. The predicted molar refractivity (Wildman–Crippen MR) is 121 cm³/mol. The molecule has 3 aromatic rings. The quantitative estimate of drug-likeness (QED) is 0.381. The first-order valence-corrected chi connectivity index (χ1v) is 12.1. The Morgan fingerprint density at radius 1 is 1.12 bits per heavy atom. The van der Waals surface area contributed by atoms with Crippen LogP contribution in [0.5, 0.6) is 5.75 Å². The van der Waals surface area contributed by atoms with Gasteiger partial charge < -0.3 is 9.26 Å². The number of thioether (sulfide) groups is 1. The topological polar surface area (TPSA) is 153 Å². The first-order chi connectivity index (χ1) is 15.8. The lowest BCUT2D eigenvalue weighted by atomic mass is 10.2. The lowest BCUT2D eigenvalue weighted by Crippen LogP contribution is -2.42. The Kier molecular flexibility index (Phi) is 7.90. The van der Waals surface area contributed by atoms with Crippen molar-refractivity contribution in [2.45, 2.75) is 17.6 Å². The van der Waals surface area contributed by atoms with Crippen molar-refractivity contribution in [3.05, 3.63) is 65.8 Å². The Labute approximate surface area is 194 Å². The lowest BCUT2D eigenvalue weighted by molar-refractivity contribution is -0.119. The Morgan fingerprint density at radius 3 is 2.55 bits per heavy atom. The highest BCUT2D eigenvalue weighted by Gasteiger charge is 2.17. The van der Waals surface area contributed by atoms with Gasteiger partial charge in [0.25, 0.3) is 15.9 Å². The Morgan fingerprint density at radius 2 is 1.88 bits per heavy atom. The van der Waals surface area contributed by atoms with Gasteiger partial charge in [0.15, 0.2) is 5.82 Å². The fourth-order valence-corrected chi connectivity index (χ4v) is 4.31. The van der Waals surface area contributed by atoms with Crippen molar-refractivity contribution in [1.29, 1.82) is 0 Å². The summed E-state index contributed by atoms with van der Waals surface area (Å²) in [6.45, 7) is 1.67. The maximum absolute atomic E-state index is 12.7. The van der Waals surface area contributed by atoms with E-state index in [4.69, 9.17) is 9.26 Å². The second-order valence-corrected chi connectivity index (χ2v) is 9.25. The average molecular weight is 492 g/mol. The zero-order valence-electron chi connectivity index (χ0n) is 17.7. The van der Waals surface area contributed by atoms with E-state index in [0.29, 0.717) is 28.9 Å². The van der Waals surface area contributed by atoms with Crippen LogP contribution < -0.4 is 20.3 Å². The molecule has 3 rings (SSSR count). The van der Waals surface area contributed by atoms with E-state index < -0.39 is 21.8 Å². The number of carbonyl (C=O) groups excluding carboxylic acids is 2. The molecule has 3 N–H and O–H groups in total. The molecular formula is C20H21N5O6S2. The summed E-state index contributed by atoms with van der Waals surface area (Å²) in [6.07, 6.45) is 0. The van der Waals surface area contributed by atoms with Gasteiger partial charge in [0.05, 0.1) is 23.5 Å². The third kappa shape index (κ3) is 6.95. The summed E-state index contributed by atoms with van der Waals surface area (Å²) in [4.78, 5) is 28.2. The van der Waals surface area contributed by atoms with Crippen molar-refractivity contribution < 1.29 is 27.3 Å². The molecule has 0 bridgehead atoms. The van der Waals surface area contributed by atoms with Crippen LogP contribution in [0, 0.1) is 6.92 Å². The van der Waals surface area contributed by atoms with Gasteiger partial charge in [-0.1, -0.05) is 11.2 Å². The van der Waals surface area contributed by atoms with Crippen molar-refractivity contribution in [1.82, 2.24) is 21.0 Å². The first kappa shape index (κ1) is 24.1. The minimum Gasteiger partial charge on any atom is -0.497 e. The summed E-state index contributed by atoms with van der Waals surface area (Å²) in [5.41, 5.74) is 4.94. The monoisotopic (exact) mass is 491 g/mol. The molecule has 0 spiro atoms. The predicted octanol–water partition coefficient (Wildman–Crippen LogP) is 1.88. The number of aromatic nitrogens is 2. The molecule has 11 nitrogen and oxygen atoms in total. The Hall–Kier alpha value is -3.58. The van der Waals surface area contributed by atoms with Gasteiger partial charge in [0.1, 0.15) is 5.75 Å². The summed E-state index contributed by atoms with van der Waals surface area (Å²) >= 11 is 1.24. The van der Waals surface area contributed by atoms with E-state index in [2.05, 4.69) is 25.7 Å². The van der Waals surface area contributed by atoms with Crippen molar-refractivity contribution in [2.24, 2.45) is 0 Å². The highest BCUT2D eigenvalue weighted by molar-refractivity contribution is 7.99. The highest BCUT2D eigenvalue weighted by Crippen LogP contribution is 2.20. The molecule has 0 saturated carbocycles. The third-order valence-corrected chi connectivity index (χ3v) is 6.41. The van der Waals surface area contributed by atoms with Crippen LogP contribution in [0.2, 0.25) is 0 Å². The average Bonchev–Trinajstić information content (AvgIpc) is 3.22. The molecule has 2 amide bonds. The third-order valence-electron chi connectivity index (χ3n) is 4.10. The number of hydrogen-bond acceptors (Lipinski definition) is 9. The summed E-state index contributed by atoms with van der Waals surface area (Å²) in [5, 5.41) is 3.72. The van der Waals surface area contributed by atoms with E-state index in [9.17, 15) is 18.0 Å². The summed E-state index contributed by atoms with van der Waals surface area (Å²) in [5.74, 6) is 0.805. The van der Waals surface area contributed by atoms with Gasteiger partial charge in [-0.2, -0.15) is 4.98 Å². The molecule has 0 fully saturated rings. The molecule has 13 heteroatoms. The number of anilines is 1. The van der Waals surface area contributed by atoms with Crippen molar-refractivity contribution in [3.63, 3.8) is 0 Å². The van der Waals surface area contributed by atoms with E-state index >= 15 is 0 Å². The molecule has 1 heterocycles. The number of hydrogen-bond donors (Lipinski definition) is 3. The highest BCUT2D eigenvalue weighted by atomic mass is 32.2. The molecule has 0 aliphatic heterocycles. The fourth-order valence-electron chi connectivity index (χ4n) is 2.55. The maximum Gasteiger partial charge on any atom is 0.269 e. The lowest BCUT2D eigenvalue weighted by Gasteiger charge is -2.11. The maximum atomic E-state index is 12.7. The zero-order valence-corrected chi connectivity index (χ0v) is 19.3. The van der Waals surface area contributed by atoms with Gasteiger partial charge in [0, 0.05) is 18.2 Å². The number of aryl methyl sites for hydroxylation is 1. The van der Waals surface area contributed by atoms with Gasteiger partial charge in [-0.25, -0.2) is 8.42 Å². The van der Waals surface area contributed by atoms with Crippen LogP contribution in [0.1, 0.15) is 22.1 Å². The van der Waals surface area contributed by atoms with E-state index in [1.165, 1.54) is 43.1 Å². The molecule has 0 aliphatic carbocycles. The number of methoxy groups -OCH3 is 1. The number of hydrazine groups is 1. The van der Waals surface area contributed by atoms with Gasteiger partial charge in [-0.15, -0.1) is 11.8 Å². The molecule has 0 saturated heterocycles. The SMILES string of the molecule is COc1ccc(NS(=O)(=O)c2cccc(C(=O)NNC(=O)CSCc3noc(C)n3)c2)cc1. The van der Waals surface area contributed by atoms with Gasteiger partial charge in [-0.05, 0) is 42.5 Å². The fraction of sp³-hybridized carbons (Fsp3) is 0.200. The molecule has 0 atom stereocenters. The summed E-state index contributed by atoms with van der Waals surface area (Å²) < 4.78 is 37.7. The second kappa shape index (κ2) is 10.8. The van der Waals surface area contributed by atoms with E-state index in [0.717, 1.165) is 0 Å². The van der Waals surface area contributed by atoms with Crippen LogP contribution >= 0.6 is 11.8 Å². The number of amides is 2. The first-order valence-electron chi connectivity index (χ1n) is 9.50. The normalized spacial score (nSPS) is 11.0. The van der Waals surface area contributed by atoms with Gasteiger partial charge >= 0.3 is 0 Å². The molecule has 0 unspecified atom stereocenters. The largest absolute Gasteiger partial charge is 0.497 e. The molecule has 0 aliphatic rings. The number of carbonyl (C=O) groups is 2. The Balaban J connectivity index is 1.54. The second-order valence-electron chi connectivity index (χ2n) is 6.59. The number of ether oxygens (including phenoxy) is 1. The van der Waals surface area contributed by atoms with Gasteiger partial charge in [0.2, 0.25) is 11.8 Å². The van der Waals surface area contributed by atoms with Crippen molar-refractivity contribution >= 4 is 39.3 Å². The van der Waals surface area contributed by atoms with Crippen molar-refractivity contribution in [3.8, 4) is 5.75 Å². The molecule has 2 aromatic carbocycles. The summed E-state index contributed by atoms with van der Waals surface area (Å²) in [7, 11) is -2.43. The van der Waals surface area contributed by atoms with Gasteiger partial charge in [-0.3, -0.25) is 25.2 Å². The number of rotatable bonds is 9. The van der Waals surface area contributed by atoms with Crippen LogP contribution in [-0.4, -0.2) is 43.2 Å². The molecular weight excluding hydrogens is 470 g/mol. The van der Waals surface area contributed by atoms with Crippen LogP contribution in [0.15, 0.2) is 57.9 Å². The van der Waals surface area contributed by atoms with E-state index in [1.54, 1.807) is 31.2 Å². The zero-order chi connectivity index (χ0) is 23.8. The standard InChI is InChI=1S/C20H21N5O6S2/c1-13-21-18(24-31-13)11-32-12-19(26)22-23-20(27)14-4-3-5-17(10-14)33(28,29)25-15-6-8-16(30-2)9-7-15/h3-10,25H,11-12H2,1-2H3,(H,22,26)(H,23,27). The molecule has 174 valence electrons. The molecule has 1 aromatic heterocycles. The number of nitrogens with one attached hydrogen (secondary N) is 3. The van der Waals surface area contributed by atoms with Crippen LogP contribution in [0.4, 0.5) is 5.69 Å².